The van der Waals surface area contributed by atoms with Crippen molar-refractivity contribution in [2.24, 2.45) is 0 Å². The van der Waals surface area contributed by atoms with Gasteiger partial charge in [0.05, 0.1) is 6.61 Å². The van der Waals surface area contributed by atoms with Gasteiger partial charge in [0, 0.05) is 0 Å². The van der Waals surface area contributed by atoms with Gasteiger partial charge >= 0.3 is 5.97 Å². The van der Waals surface area contributed by atoms with E-state index in [1.807, 2.05) is 0 Å². The number of ether oxygens (including phenoxy) is 1. The molecule has 0 aliphatic carbocycles. The maximum absolute atomic E-state index is 11.2. The van der Waals surface area contributed by atoms with Gasteiger partial charge in [-0.05, 0) is 20.8 Å². The van der Waals surface area contributed by atoms with Gasteiger partial charge in [0.1, 0.15) is 11.6 Å². The van der Waals surface area contributed by atoms with Crippen LogP contribution in [0, 0.1) is 13.8 Å². The maximum Gasteiger partial charge on any atom is 0.376 e. The molecule has 0 spiro atoms. The van der Waals surface area contributed by atoms with E-state index in [4.69, 9.17) is 4.74 Å². The zero-order valence-electron chi connectivity index (χ0n) is 7.87. The SMILES string of the molecule is CCOC(=O)c1nc(C)nc(C)n1. The second-order valence-corrected chi connectivity index (χ2v) is 2.47. The first-order valence-electron chi connectivity index (χ1n) is 4.00. The summed E-state index contributed by atoms with van der Waals surface area (Å²) in [6, 6.07) is 0. The van der Waals surface area contributed by atoms with Crippen LogP contribution in [0.25, 0.3) is 0 Å². The lowest BCUT2D eigenvalue weighted by Crippen LogP contribution is -2.12. The molecule has 5 heteroatoms. The van der Waals surface area contributed by atoms with Crippen molar-refractivity contribution in [2.45, 2.75) is 20.8 Å². The minimum absolute atomic E-state index is 0.0758. The second kappa shape index (κ2) is 3.93. The molecule has 0 aromatic carbocycles. The largest absolute Gasteiger partial charge is 0.460 e. The highest BCUT2D eigenvalue weighted by Gasteiger charge is 2.11. The molecule has 0 atom stereocenters. The van der Waals surface area contributed by atoms with Gasteiger partial charge in [0.25, 0.3) is 0 Å². The molecule has 0 bridgehead atoms. The first-order chi connectivity index (χ1) is 6.13. The summed E-state index contributed by atoms with van der Waals surface area (Å²) in [5.41, 5.74) is 0. The number of rotatable bonds is 2. The average Bonchev–Trinajstić information content (AvgIpc) is 2.03. The number of esters is 1. The number of carbonyl (C=O) groups excluding carboxylic acids is 1. The highest BCUT2D eigenvalue weighted by atomic mass is 16.5. The molecule has 0 N–H and O–H groups in total. The summed E-state index contributed by atoms with van der Waals surface area (Å²) in [5, 5.41) is 0. The molecule has 1 aromatic heterocycles. The van der Waals surface area contributed by atoms with Crippen LogP contribution in [-0.4, -0.2) is 27.5 Å². The molecule has 0 fully saturated rings. The second-order valence-electron chi connectivity index (χ2n) is 2.47. The van der Waals surface area contributed by atoms with Gasteiger partial charge in [0.15, 0.2) is 0 Å². The van der Waals surface area contributed by atoms with Gasteiger partial charge in [-0.2, -0.15) is 0 Å². The van der Waals surface area contributed by atoms with Crippen LogP contribution in [0.2, 0.25) is 0 Å². The molecular formula is C8H11N3O2. The van der Waals surface area contributed by atoms with E-state index in [0.29, 0.717) is 18.3 Å². The van der Waals surface area contributed by atoms with Crippen LogP contribution in [0.4, 0.5) is 0 Å². The molecule has 0 aliphatic heterocycles. The highest BCUT2D eigenvalue weighted by Crippen LogP contribution is 1.96. The molecule has 0 aliphatic rings. The predicted octanol–water partition coefficient (Wildman–Crippen LogP) is 0.665. The Labute approximate surface area is 76.2 Å². The monoisotopic (exact) mass is 181 g/mol. The summed E-state index contributed by atoms with van der Waals surface area (Å²) in [6.45, 7) is 5.47. The zero-order chi connectivity index (χ0) is 9.84. The Morgan fingerprint density at radius 2 is 1.77 bits per heavy atom. The van der Waals surface area contributed by atoms with Crippen molar-refractivity contribution in [2.75, 3.05) is 6.61 Å². The van der Waals surface area contributed by atoms with Crippen LogP contribution in [0.3, 0.4) is 0 Å². The Kier molecular flexibility index (Phi) is 2.89. The third-order valence-corrected chi connectivity index (χ3v) is 1.32. The van der Waals surface area contributed by atoms with Crippen LogP contribution in [0.15, 0.2) is 0 Å². The number of nitrogens with zero attached hydrogens (tertiary/aromatic N) is 3. The lowest BCUT2D eigenvalue weighted by Gasteiger charge is -2.01. The normalized spacial score (nSPS) is 9.77. The summed E-state index contributed by atoms with van der Waals surface area (Å²) in [6.07, 6.45) is 0. The minimum Gasteiger partial charge on any atom is -0.460 e. The summed E-state index contributed by atoms with van der Waals surface area (Å²) in [5.74, 6) is 0.619. The summed E-state index contributed by atoms with van der Waals surface area (Å²) >= 11 is 0. The predicted molar refractivity (Wildman–Crippen MR) is 45.3 cm³/mol. The molecular weight excluding hydrogens is 170 g/mol. The minimum atomic E-state index is -0.504. The fraction of sp³-hybridized carbons (Fsp3) is 0.500. The van der Waals surface area contributed by atoms with E-state index < -0.39 is 5.97 Å². The van der Waals surface area contributed by atoms with Crippen molar-refractivity contribution in [3.63, 3.8) is 0 Å². The van der Waals surface area contributed by atoms with Crippen LogP contribution < -0.4 is 0 Å². The van der Waals surface area contributed by atoms with E-state index in [9.17, 15) is 4.79 Å². The highest BCUT2D eigenvalue weighted by molar-refractivity contribution is 5.85. The quantitative estimate of drug-likeness (QED) is 0.627. The molecule has 70 valence electrons. The van der Waals surface area contributed by atoms with Crippen molar-refractivity contribution in [1.82, 2.24) is 15.0 Å². The van der Waals surface area contributed by atoms with E-state index in [1.165, 1.54) is 0 Å². The maximum atomic E-state index is 11.2. The Morgan fingerprint density at radius 1 is 1.23 bits per heavy atom. The lowest BCUT2D eigenvalue weighted by atomic mass is 10.5. The first kappa shape index (κ1) is 9.57. The van der Waals surface area contributed by atoms with Gasteiger partial charge in [0.2, 0.25) is 5.82 Å². The number of aryl methyl sites for hydroxylation is 2. The van der Waals surface area contributed by atoms with Crippen LogP contribution >= 0.6 is 0 Å². The van der Waals surface area contributed by atoms with E-state index in [2.05, 4.69) is 15.0 Å². The third-order valence-electron chi connectivity index (χ3n) is 1.32. The van der Waals surface area contributed by atoms with Crippen molar-refractivity contribution in [3.8, 4) is 0 Å². The van der Waals surface area contributed by atoms with Crippen LogP contribution in [0.5, 0.6) is 0 Å². The third kappa shape index (κ3) is 2.47. The van der Waals surface area contributed by atoms with Crippen molar-refractivity contribution in [1.29, 1.82) is 0 Å². The fourth-order valence-corrected chi connectivity index (χ4v) is 0.903. The fourth-order valence-electron chi connectivity index (χ4n) is 0.903. The molecule has 0 unspecified atom stereocenters. The standard InChI is InChI=1S/C8H11N3O2/c1-4-13-8(12)7-10-5(2)9-6(3)11-7/h4H2,1-3H3. The molecule has 1 rings (SSSR count). The van der Waals surface area contributed by atoms with E-state index in [1.54, 1.807) is 20.8 Å². The first-order valence-corrected chi connectivity index (χ1v) is 4.00. The van der Waals surface area contributed by atoms with Crippen molar-refractivity contribution < 1.29 is 9.53 Å². The van der Waals surface area contributed by atoms with Crippen LogP contribution in [-0.2, 0) is 4.74 Å². The van der Waals surface area contributed by atoms with E-state index in [-0.39, 0.29) is 5.82 Å². The smallest absolute Gasteiger partial charge is 0.376 e. The topological polar surface area (TPSA) is 65.0 Å². The van der Waals surface area contributed by atoms with Crippen molar-refractivity contribution >= 4 is 5.97 Å². The molecule has 1 heterocycles. The molecule has 0 amide bonds. The van der Waals surface area contributed by atoms with Gasteiger partial charge in [-0.15, -0.1) is 0 Å². The van der Waals surface area contributed by atoms with E-state index >= 15 is 0 Å². The summed E-state index contributed by atoms with van der Waals surface area (Å²) < 4.78 is 4.75. The molecule has 0 saturated heterocycles. The average molecular weight is 181 g/mol. The number of hydrogen-bond donors (Lipinski definition) is 0. The Morgan fingerprint density at radius 3 is 2.23 bits per heavy atom. The lowest BCUT2D eigenvalue weighted by molar-refractivity contribution is 0.0510. The summed E-state index contributed by atoms with van der Waals surface area (Å²) in [7, 11) is 0. The Balaban J connectivity index is 2.94. The zero-order valence-corrected chi connectivity index (χ0v) is 7.87. The molecule has 13 heavy (non-hydrogen) atoms. The molecule has 1 aromatic rings. The molecule has 0 radical (unpaired) electrons. The van der Waals surface area contributed by atoms with Gasteiger partial charge in [-0.3, -0.25) is 0 Å². The molecule has 0 saturated carbocycles. The Bertz CT molecular complexity index is 305. The van der Waals surface area contributed by atoms with Crippen molar-refractivity contribution in [3.05, 3.63) is 17.5 Å². The van der Waals surface area contributed by atoms with E-state index in [0.717, 1.165) is 0 Å². The number of aromatic nitrogens is 3. The Hall–Kier alpha value is -1.52. The van der Waals surface area contributed by atoms with Gasteiger partial charge < -0.3 is 4.74 Å². The van der Waals surface area contributed by atoms with Gasteiger partial charge in [-0.1, -0.05) is 0 Å². The van der Waals surface area contributed by atoms with Gasteiger partial charge in [-0.25, -0.2) is 19.7 Å². The summed E-state index contributed by atoms with van der Waals surface area (Å²) in [4.78, 5) is 22.8. The van der Waals surface area contributed by atoms with Crippen LogP contribution in [0.1, 0.15) is 29.2 Å². The molecule has 5 nitrogen and oxygen atoms in total. The number of hydrogen-bond acceptors (Lipinski definition) is 5. The number of carbonyl (C=O) groups is 1.